The normalized spacial score (nSPS) is 11.9. The predicted molar refractivity (Wildman–Crippen MR) is 71.5 cm³/mol. The van der Waals surface area contributed by atoms with E-state index in [1.807, 2.05) is 13.2 Å². The van der Waals surface area contributed by atoms with E-state index in [0.717, 1.165) is 5.75 Å². The minimum absolute atomic E-state index is 0.0164. The second-order valence-electron chi connectivity index (χ2n) is 3.79. The first-order chi connectivity index (χ1) is 8.45. The van der Waals surface area contributed by atoms with Gasteiger partial charge in [0.15, 0.2) is 0 Å². The van der Waals surface area contributed by atoms with Crippen molar-refractivity contribution in [2.45, 2.75) is 13.0 Å². The van der Waals surface area contributed by atoms with Crippen LogP contribution in [-0.2, 0) is 0 Å². The Morgan fingerprint density at radius 2 is 2.28 bits per heavy atom. The van der Waals surface area contributed by atoms with Gasteiger partial charge in [-0.1, -0.05) is 0 Å². The minimum atomic E-state index is -1.11. The van der Waals surface area contributed by atoms with Crippen molar-refractivity contribution in [1.82, 2.24) is 0 Å². The van der Waals surface area contributed by atoms with Crippen molar-refractivity contribution in [2.75, 3.05) is 17.3 Å². The summed E-state index contributed by atoms with van der Waals surface area (Å²) in [5.41, 5.74) is 0.147. The zero-order valence-electron chi connectivity index (χ0n) is 10.0. The van der Waals surface area contributed by atoms with Gasteiger partial charge in [-0.2, -0.15) is 11.8 Å². The quantitative estimate of drug-likeness (QED) is 0.609. The van der Waals surface area contributed by atoms with Crippen molar-refractivity contribution in [3.63, 3.8) is 0 Å². The molecule has 0 amide bonds. The zero-order valence-corrected chi connectivity index (χ0v) is 10.9. The summed E-state index contributed by atoms with van der Waals surface area (Å²) in [7, 11) is 0. The standard InChI is InChI=1S/C11H14N2O4S/c1-7(6-18-2)12-9-5-8(11(14)15)3-4-10(9)13(16)17/h3-5,7,12H,6H2,1-2H3,(H,14,15). The first-order valence-corrected chi connectivity index (χ1v) is 6.62. The highest BCUT2D eigenvalue weighted by Crippen LogP contribution is 2.26. The third kappa shape index (κ3) is 3.63. The molecule has 0 aliphatic carbocycles. The average Bonchev–Trinajstić information content (AvgIpc) is 2.28. The number of nitro groups is 1. The molecule has 0 fully saturated rings. The minimum Gasteiger partial charge on any atom is -0.478 e. The Balaban J connectivity index is 3.07. The molecule has 1 aromatic carbocycles. The van der Waals surface area contributed by atoms with E-state index in [-0.39, 0.29) is 23.0 Å². The van der Waals surface area contributed by atoms with Crippen LogP contribution in [0.15, 0.2) is 18.2 Å². The Bertz CT molecular complexity index is 464. The number of benzene rings is 1. The number of thioether (sulfide) groups is 1. The van der Waals surface area contributed by atoms with E-state index in [1.165, 1.54) is 18.2 Å². The van der Waals surface area contributed by atoms with E-state index in [0.29, 0.717) is 0 Å². The summed E-state index contributed by atoms with van der Waals surface area (Å²) in [4.78, 5) is 21.2. The molecule has 1 aromatic rings. The van der Waals surface area contributed by atoms with Crippen LogP contribution in [0, 0.1) is 10.1 Å². The Labute approximate surface area is 109 Å². The smallest absolute Gasteiger partial charge is 0.335 e. The number of hydrogen-bond acceptors (Lipinski definition) is 5. The lowest BCUT2D eigenvalue weighted by molar-refractivity contribution is -0.384. The maximum Gasteiger partial charge on any atom is 0.335 e. The average molecular weight is 270 g/mol. The lowest BCUT2D eigenvalue weighted by atomic mass is 10.1. The fraction of sp³-hybridized carbons (Fsp3) is 0.364. The van der Waals surface area contributed by atoms with Crippen LogP contribution in [0.5, 0.6) is 0 Å². The van der Waals surface area contributed by atoms with Gasteiger partial charge in [-0.05, 0) is 25.3 Å². The van der Waals surface area contributed by atoms with E-state index in [1.54, 1.807) is 11.8 Å². The van der Waals surface area contributed by atoms with Crippen LogP contribution >= 0.6 is 11.8 Å². The SMILES string of the molecule is CSCC(C)Nc1cc(C(=O)O)ccc1[N+](=O)[O-]. The molecule has 98 valence electrons. The number of aromatic carboxylic acids is 1. The monoisotopic (exact) mass is 270 g/mol. The van der Waals surface area contributed by atoms with Gasteiger partial charge in [0, 0.05) is 17.9 Å². The molecule has 0 aromatic heterocycles. The number of nitrogens with one attached hydrogen (secondary N) is 1. The number of carboxylic acids is 1. The molecule has 0 aliphatic heterocycles. The molecule has 0 saturated carbocycles. The fourth-order valence-electron chi connectivity index (χ4n) is 1.50. The highest BCUT2D eigenvalue weighted by Gasteiger charge is 2.17. The molecule has 0 aliphatic rings. The maximum atomic E-state index is 10.9. The summed E-state index contributed by atoms with van der Waals surface area (Å²) in [5, 5.41) is 22.7. The van der Waals surface area contributed by atoms with Gasteiger partial charge in [0.25, 0.3) is 5.69 Å². The molecule has 2 N–H and O–H groups in total. The van der Waals surface area contributed by atoms with Gasteiger partial charge in [0.2, 0.25) is 0 Å². The Hall–Kier alpha value is -1.76. The van der Waals surface area contributed by atoms with Gasteiger partial charge < -0.3 is 10.4 Å². The first kappa shape index (κ1) is 14.3. The number of carboxylic acid groups (broad SMARTS) is 1. The first-order valence-electron chi connectivity index (χ1n) is 5.23. The van der Waals surface area contributed by atoms with Gasteiger partial charge in [0.1, 0.15) is 5.69 Å². The van der Waals surface area contributed by atoms with E-state index in [9.17, 15) is 14.9 Å². The van der Waals surface area contributed by atoms with Gasteiger partial charge in [-0.3, -0.25) is 10.1 Å². The largest absolute Gasteiger partial charge is 0.478 e. The van der Waals surface area contributed by atoms with Crippen molar-refractivity contribution in [3.8, 4) is 0 Å². The number of hydrogen-bond donors (Lipinski definition) is 2. The Morgan fingerprint density at radius 1 is 1.61 bits per heavy atom. The molecule has 0 saturated heterocycles. The topological polar surface area (TPSA) is 92.5 Å². The molecule has 0 bridgehead atoms. The molecule has 0 heterocycles. The molecule has 18 heavy (non-hydrogen) atoms. The van der Waals surface area contributed by atoms with Crippen molar-refractivity contribution in [3.05, 3.63) is 33.9 Å². The van der Waals surface area contributed by atoms with Crippen LogP contribution in [0.1, 0.15) is 17.3 Å². The number of nitro benzene ring substituents is 1. The number of nitrogens with zero attached hydrogens (tertiary/aromatic N) is 1. The van der Waals surface area contributed by atoms with Gasteiger partial charge in [-0.15, -0.1) is 0 Å². The predicted octanol–water partition coefficient (Wildman–Crippen LogP) is 2.46. The molecule has 1 atom stereocenters. The maximum absolute atomic E-state index is 10.9. The van der Waals surface area contributed by atoms with E-state index in [2.05, 4.69) is 5.32 Å². The molecule has 7 heteroatoms. The third-order valence-electron chi connectivity index (χ3n) is 2.26. The molecule has 0 radical (unpaired) electrons. The summed E-state index contributed by atoms with van der Waals surface area (Å²) < 4.78 is 0. The fourth-order valence-corrected chi connectivity index (χ4v) is 2.08. The van der Waals surface area contributed by atoms with E-state index in [4.69, 9.17) is 5.11 Å². The lowest BCUT2D eigenvalue weighted by Gasteiger charge is -2.14. The van der Waals surface area contributed by atoms with Gasteiger partial charge in [0.05, 0.1) is 10.5 Å². The van der Waals surface area contributed by atoms with Crippen LogP contribution in [0.2, 0.25) is 0 Å². The summed E-state index contributed by atoms with van der Waals surface area (Å²) in [5.74, 6) is -0.334. The second-order valence-corrected chi connectivity index (χ2v) is 4.71. The van der Waals surface area contributed by atoms with Crippen LogP contribution in [0.4, 0.5) is 11.4 Å². The molecule has 1 unspecified atom stereocenters. The summed E-state index contributed by atoms with van der Waals surface area (Å²) in [6.07, 6.45) is 1.93. The van der Waals surface area contributed by atoms with Crippen molar-refractivity contribution in [2.24, 2.45) is 0 Å². The summed E-state index contributed by atoms with van der Waals surface area (Å²) in [6.45, 7) is 1.88. The van der Waals surface area contributed by atoms with Gasteiger partial charge in [-0.25, -0.2) is 4.79 Å². The number of anilines is 1. The molecule has 6 nitrogen and oxygen atoms in total. The molecule has 1 rings (SSSR count). The van der Waals surface area contributed by atoms with Crippen LogP contribution in [0.25, 0.3) is 0 Å². The van der Waals surface area contributed by atoms with Gasteiger partial charge >= 0.3 is 5.97 Å². The lowest BCUT2D eigenvalue weighted by Crippen LogP contribution is -2.18. The highest BCUT2D eigenvalue weighted by molar-refractivity contribution is 7.98. The van der Waals surface area contributed by atoms with Crippen LogP contribution in [-0.4, -0.2) is 34.0 Å². The number of rotatable bonds is 6. The Morgan fingerprint density at radius 3 is 2.78 bits per heavy atom. The van der Waals surface area contributed by atoms with E-state index < -0.39 is 10.9 Å². The third-order valence-corrected chi connectivity index (χ3v) is 3.09. The van der Waals surface area contributed by atoms with Crippen LogP contribution in [0.3, 0.4) is 0 Å². The van der Waals surface area contributed by atoms with Crippen LogP contribution < -0.4 is 5.32 Å². The second kappa shape index (κ2) is 6.25. The zero-order chi connectivity index (χ0) is 13.7. The van der Waals surface area contributed by atoms with Crippen molar-refractivity contribution < 1.29 is 14.8 Å². The molecular weight excluding hydrogens is 256 g/mol. The summed E-state index contributed by atoms with van der Waals surface area (Å²) >= 11 is 1.61. The molecule has 0 spiro atoms. The molecular formula is C11H14N2O4S. The van der Waals surface area contributed by atoms with Crippen molar-refractivity contribution >= 4 is 29.1 Å². The summed E-state index contributed by atoms with van der Waals surface area (Å²) in [6, 6.07) is 3.74. The Kier molecular flexibility index (Phi) is 4.96. The van der Waals surface area contributed by atoms with Crippen molar-refractivity contribution in [1.29, 1.82) is 0 Å². The number of carbonyl (C=O) groups is 1. The van der Waals surface area contributed by atoms with E-state index >= 15 is 0 Å². The highest BCUT2D eigenvalue weighted by atomic mass is 32.2.